The Hall–Kier alpha value is -2.80. The number of likely N-dealkylation sites (N-methyl/N-ethyl adjacent to an activating group) is 1. The first-order valence-corrected chi connectivity index (χ1v) is 11.7. The molecule has 1 aromatic heterocycles. The van der Waals surface area contributed by atoms with E-state index in [1.165, 1.54) is 0 Å². The Morgan fingerprint density at radius 3 is 2.59 bits per heavy atom. The van der Waals surface area contributed by atoms with Gasteiger partial charge in [-0.3, -0.25) is 19.4 Å². The maximum atomic E-state index is 13.2. The number of hydrogen-bond donors (Lipinski definition) is 0. The first-order valence-electron chi connectivity index (χ1n) is 11.7. The van der Waals surface area contributed by atoms with E-state index in [0.29, 0.717) is 31.2 Å². The van der Waals surface area contributed by atoms with E-state index < -0.39 is 0 Å². The molecule has 1 unspecified atom stereocenters. The third-order valence-electron chi connectivity index (χ3n) is 6.65. The fourth-order valence-corrected chi connectivity index (χ4v) is 4.70. The van der Waals surface area contributed by atoms with Crippen LogP contribution in [0.4, 0.5) is 5.82 Å². The summed E-state index contributed by atoms with van der Waals surface area (Å²) in [5.74, 6) is 1.57. The third-order valence-corrected chi connectivity index (χ3v) is 6.65. The predicted molar refractivity (Wildman–Crippen MR) is 124 cm³/mol. The van der Waals surface area contributed by atoms with Gasteiger partial charge in [-0.1, -0.05) is 44.2 Å². The molecule has 7 nitrogen and oxygen atoms in total. The van der Waals surface area contributed by atoms with Gasteiger partial charge in [0.1, 0.15) is 5.82 Å². The van der Waals surface area contributed by atoms with Gasteiger partial charge in [0.25, 0.3) is 0 Å². The number of anilines is 1. The zero-order chi connectivity index (χ0) is 22.7. The highest BCUT2D eigenvalue weighted by molar-refractivity contribution is 6.00. The van der Waals surface area contributed by atoms with Crippen LogP contribution >= 0.6 is 0 Å². The van der Waals surface area contributed by atoms with Gasteiger partial charge in [-0.15, -0.1) is 0 Å². The Morgan fingerprint density at radius 2 is 1.88 bits per heavy atom. The second-order valence-electron chi connectivity index (χ2n) is 8.67. The number of piperidine rings is 1. The fraction of sp³-hybridized carbons (Fsp3) is 0.520. The standard InChI is InChI=1S/C25H33N5O2/c1-4-28(5-2)17-23(32)29-14-10-9-13-21(29)24-26-18(3)20-15-22(31)30(25(20)27-24)16-19-11-7-6-8-12-19/h6-8,11-12,21H,4-5,9-10,13-17H2,1-3H3. The summed E-state index contributed by atoms with van der Waals surface area (Å²) >= 11 is 0. The third kappa shape index (κ3) is 4.53. The quantitative estimate of drug-likeness (QED) is 0.668. The highest BCUT2D eigenvalue weighted by atomic mass is 16.2. The molecule has 170 valence electrons. The number of aromatic nitrogens is 2. The topological polar surface area (TPSA) is 69.6 Å². The van der Waals surface area contributed by atoms with Crippen LogP contribution in [-0.4, -0.2) is 57.8 Å². The molecule has 0 spiro atoms. The van der Waals surface area contributed by atoms with Crippen molar-refractivity contribution in [3.05, 3.63) is 53.0 Å². The summed E-state index contributed by atoms with van der Waals surface area (Å²) in [6.07, 6.45) is 3.24. The predicted octanol–water partition coefficient (Wildman–Crippen LogP) is 3.27. The Kier molecular flexibility index (Phi) is 6.84. The second-order valence-corrected chi connectivity index (χ2v) is 8.67. The average molecular weight is 436 g/mol. The van der Waals surface area contributed by atoms with Crippen molar-refractivity contribution in [2.75, 3.05) is 31.1 Å². The lowest BCUT2D eigenvalue weighted by atomic mass is 10.0. The van der Waals surface area contributed by atoms with Crippen LogP contribution in [0.3, 0.4) is 0 Å². The second kappa shape index (κ2) is 9.77. The van der Waals surface area contributed by atoms with Crippen molar-refractivity contribution >= 4 is 17.6 Å². The average Bonchev–Trinajstić information content (AvgIpc) is 3.13. The number of hydrogen-bond acceptors (Lipinski definition) is 5. The van der Waals surface area contributed by atoms with E-state index in [0.717, 1.165) is 55.7 Å². The molecule has 0 saturated carbocycles. The van der Waals surface area contributed by atoms with Crippen LogP contribution < -0.4 is 4.90 Å². The van der Waals surface area contributed by atoms with Crippen LogP contribution in [0, 0.1) is 6.92 Å². The maximum Gasteiger partial charge on any atom is 0.237 e. The smallest absolute Gasteiger partial charge is 0.237 e. The minimum absolute atomic E-state index is 0.0523. The molecular formula is C25H33N5O2. The minimum Gasteiger partial charge on any atom is -0.331 e. The SMILES string of the molecule is CCN(CC)CC(=O)N1CCCCC1c1nc(C)c2c(n1)N(Cc1ccccc1)C(=O)C2. The summed E-state index contributed by atoms with van der Waals surface area (Å²) in [7, 11) is 0. The van der Waals surface area contributed by atoms with E-state index in [1.807, 2.05) is 42.2 Å². The largest absolute Gasteiger partial charge is 0.331 e. The number of carbonyl (C=O) groups is 2. The summed E-state index contributed by atoms with van der Waals surface area (Å²) < 4.78 is 0. The van der Waals surface area contributed by atoms with Crippen LogP contribution in [0.15, 0.2) is 30.3 Å². The molecule has 0 aliphatic carbocycles. The van der Waals surface area contributed by atoms with Crippen molar-refractivity contribution in [2.24, 2.45) is 0 Å². The summed E-state index contributed by atoms with van der Waals surface area (Å²) in [6, 6.07) is 9.85. The number of aryl methyl sites for hydroxylation is 1. The molecule has 7 heteroatoms. The molecular weight excluding hydrogens is 402 g/mol. The van der Waals surface area contributed by atoms with Crippen molar-refractivity contribution in [1.29, 1.82) is 0 Å². The molecule has 3 heterocycles. The van der Waals surface area contributed by atoms with Crippen molar-refractivity contribution in [3.8, 4) is 0 Å². The Bertz CT molecular complexity index is 974. The van der Waals surface area contributed by atoms with Crippen LogP contribution in [-0.2, 0) is 22.6 Å². The summed E-state index contributed by atoms with van der Waals surface area (Å²) in [5.41, 5.74) is 2.82. The maximum absolute atomic E-state index is 13.2. The van der Waals surface area contributed by atoms with E-state index in [2.05, 4.69) is 18.7 Å². The minimum atomic E-state index is -0.134. The lowest BCUT2D eigenvalue weighted by Crippen LogP contribution is -2.45. The Balaban J connectivity index is 1.63. The monoisotopic (exact) mass is 435 g/mol. The highest BCUT2D eigenvalue weighted by Crippen LogP contribution is 2.35. The van der Waals surface area contributed by atoms with Gasteiger partial charge in [-0.2, -0.15) is 0 Å². The van der Waals surface area contributed by atoms with Crippen molar-refractivity contribution in [3.63, 3.8) is 0 Å². The zero-order valence-electron chi connectivity index (χ0n) is 19.4. The molecule has 1 fully saturated rings. The molecule has 0 radical (unpaired) electrons. The number of rotatable bonds is 7. The van der Waals surface area contributed by atoms with Crippen molar-refractivity contribution in [1.82, 2.24) is 19.8 Å². The zero-order valence-corrected chi connectivity index (χ0v) is 19.4. The van der Waals surface area contributed by atoms with E-state index in [4.69, 9.17) is 9.97 Å². The summed E-state index contributed by atoms with van der Waals surface area (Å²) in [6.45, 7) is 9.47. The molecule has 1 aromatic carbocycles. The molecule has 1 atom stereocenters. The molecule has 32 heavy (non-hydrogen) atoms. The van der Waals surface area contributed by atoms with Gasteiger partial charge in [0, 0.05) is 17.8 Å². The number of benzene rings is 1. The van der Waals surface area contributed by atoms with Crippen molar-refractivity contribution < 1.29 is 9.59 Å². The van der Waals surface area contributed by atoms with Crippen LogP contribution in [0.1, 0.15) is 61.8 Å². The first kappa shape index (κ1) is 22.4. The van der Waals surface area contributed by atoms with E-state index >= 15 is 0 Å². The van der Waals surface area contributed by atoms with E-state index in [1.54, 1.807) is 4.90 Å². The highest BCUT2D eigenvalue weighted by Gasteiger charge is 2.35. The van der Waals surface area contributed by atoms with E-state index in [9.17, 15) is 9.59 Å². The number of carbonyl (C=O) groups excluding carboxylic acids is 2. The van der Waals surface area contributed by atoms with Gasteiger partial charge >= 0.3 is 0 Å². The van der Waals surface area contributed by atoms with Gasteiger partial charge in [0.2, 0.25) is 11.8 Å². The molecule has 0 bridgehead atoms. The molecule has 2 aliphatic heterocycles. The summed E-state index contributed by atoms with van der Waals surface area (Å²) in [4.78, 5) is 41.6. The summed E-state index contributed by atoms with van der Waals surface area (Å²) in [5, 5.41) is 0. The number of nitrogens with zero attached hydrogens (tertiary/aromatic N) is 5. The number of fused-ring (bicyclic) bond motifs is 1. The molecule has 0 N–H and O–H groups in total. The lowest BCUT2D eigenvalue weighted by molar-refractivity contribution is -0.136. The number of amides is 2. The molecule has 2 amide bonds. The van der Waals surface area contributed by atoms with E-state index in [-0.39, 0.29) is 17.9 Å². The Morgan fingerprint density at radius 1 is 1.12 bits per heavy atom. The van der Waals surface area contributed by atoms with Gasteiger partial charge in [0.15, 0.2) is 5.82 Å². The normalized spacial score (nSPS) is 18.4. The van der Waals surface area contributed by atoms with Gasteiger partial charge in [0.05, 0.1) is 25.6 Å². The molecule has 1 saturated heterocycles. The van der Waals surface area contributed by atoms with Crippen molar-refractivity contribution in [2.45, 2.75) is 59.0 Å². The van der Waals surface area contributed by atoms with Crippen LogP contribution in [0.5, 0.6) is 0 Å². The van der Waals surface area contributed by atoms with Gasteiger partial charge < -0.3 is 4.90 Å². The Labute approximate surface area is 190 Å². The van der Waals surface area contributed by atoms with Gasteiger partial charge in [-0.25, -0.2) is 9.97 Å². The first-order chi connectivity index (χ1) is 15.5. The molecule has 2 aromatic rings. The lowest BCUT2D eigenvalue weighted by Gasteiger charge is -2.36. The fourth-order valence-electron chi connectivity index (χ4n) is 4.70. The number of likely N-dealkylation sites (tertiary alicyclic amines) is 1. The van der Waals surface area contributed by atoms with Crippen LogP contribution in [0.2, 0.25) is 0 Å². The molecule has 2 aliphatic rings. The van der Waals surface area contributed by atoms with Crippen LogP contribution in [0.25, 0.3) is 0 Å². The molecule has 4 rings (SSSR count). The van der Waals surface area contributed by atoms with Gasteiger partial charge in [-0.05, 0) is 44.8 Å².